The number of benzene rings is 2. The third-order valence-corrected chi connectivity index (χ3v) is 4.60. The highest BCUT2D eigenvalue weighted by molar-refractivity contribution is 6.05. The normalized spacial score (nSPS) is 13.8. The average Bonchev–Trinajstić information content (AvgIpc) is 3.11. The van der Waals surface area contributed by atoms with Crippen molar-refractivity contribution in [2.45, 2.75) is 26.7 Å². The van der Waals surface area contributed by atoms with Gasteiger partial charge >= 0.3 is 0 Å². The summed E-state index contributed by atoms with van der Waals surface area (Å²) in [6.07, 6.45) is 2.42. The number of carbonyl (C=O) groups is 1. The van der Waals surface area contributed by atoms with Crippen molar-refractivity contribution in [1.82, 2.24) is 0 Å². The second kappa shape index (κ2) is 6.93. The maximum Gasteiger partial charge on any atom is 0.273 e. The van der Waals surface area contributed by atoms with Gasteiger partial charge in [0.25, 0.3) is 11.6 Å². The predicted octanol–water partition coefficient (Wildman–Crippen LogP) is 4.06. The highest BCUT2D eigenvalue weighted by Gasteiger charge is 2.17. The van der Waals surface area contributed by atoms with Crippen molar-refractivity contribution in [3.8, 4) is 0 Å². The Labute approximate surface area is 146 Å². The van der Waals surface area contributed by atoms with E-state index in [2.05, 4.69) is 16.3 Å². The van der Waals surface area contributed by atoms with Crippen molar-refractivity contribution in [2.24, 2.45) is 0 Å². The van der Waals surface area contributed by atoms with Gasteiger partial charge in [-0.2, -0.15) is 0 Å². The Kier molecular flexibility index (Phi) is 4.70. The van der Waals surface area contributed by atoms with E-state index in [1.807, 2.05) is 19.1 Å². The number of anilines is 2. The number of rotatable bonds is 4. The molecule has 0 spiro atoms. The molecule has 0 aliphatic carbocycles. The summed E-state index contributed by atoms with van der Waals surface area (Å²) in [6.45, 7) is 5.74. The van der Waals surface area contributed by atoms with E-state index in [1.54, 1.807) is 19.1 Å². The number of hydrogen-bond acceptors (Lipinski definition) is 4. The van der Waals surface area contributed by atoms with Crippen LogP contribution in [-0.2, 0) is 0 Å². The molecule has 0 bridgehead atoms. The third kappa shape index (κ3) is 3.63. The van der Waals surface area contributed by atoms with Crippen LogP contribution in [0, 0.1) is 24.0 Å². The summed E-state index contributed by atoms with van der Waals surface area (Å²) in [5.41, 5.74) is 3.62. The van der Waals surface area contributed by atoms with E-state index in [1.165, 1.54) is 24.6 Å². The molecule has 6 nitrogen and oxygen atoms in total. The number of carbonyl (C=O) groups excluding carboxylic acids is 1. The van der Waals surface area contributed by atoms with E-state index in [0.29, 0.717) is 5.56 Å². The lowest BCUT2D eigenvalue weighted by atomic mass is 10.1. The van der Waals surface area contributed by atoms with Crippen molar-refractivity contribution < 1.29 is 9.72 Å². The molecule has 1 aliphatic heterocycles. The van der Waals surface area contributed by atoms with Crippen LogP contribution in [0.5, 0.6) is 0 Å². The molecule has 0 radical (unpaired) electrons. The van der Waals surface area contributed by atoms with Crippen LogP contribution in [0.4, 0.5) is 17.1 Å². The first-order valence-electron chi connectivity index (χ1n) is 8.38. The molecule has 1 saturated heterocycles. The number of nitro benzene ring substituents is 1. The molecule has 0 aromatic heterocycles. The number of nitro groups is 1. The topological polar surface area (TPSA) is 75.5 Å². The molecular formula is C19H21N3O3. The van der Waals surface area contributed by atoms with E-state index >= 15 is 0 Å². The minimum Gasteiger partial charge on any atom is -0.372 e. The first-order chi connectivity index (χ1) is 12.0. The lowest BCUT2D eigenvalue weighted by Gasteiger charge is -2.19. The van der Waals surface area contributed by atoms with Crippen LogP contribution in [-0.4, -0.2) is 23.9 Å². The van der Waals surface area contributed by atoms with Crippen molar-refractivity contribution in [2.75, 3.05) is 23.3 Å². The van der Waals surface area contributed by atoms with Crippen LogP contribution in [0.3, 0.4) is 0 Å². The fourth-order valence-electron chi connectivity index (χ4n) is 3.10. The number of hydrogen-bond donors (Lipinski definition) is 1. The molecule has 6 heteroatoms. The molecule has 1 amide bonds. The molecule has 1 aliphatic rings. The quantitative estimate of drug-likeness (QED) is 0.673. The Morgan fingerprint density at radius 3 is 2.44 bits per heavy atom. The van der Waals surface area contributed by atoms with Crippen molar-refractivity contribution in [3.63, 3.8) is 0 Å². The third-order valence-electron chi connectivity index (χ3n) is 4.60. The highest BCUT2D eigenvalue weighted by Crippen LogP contribution is 2.26. The summed E-state index contributed by atoms with van der Waals surface area (Å²) in [7, 11) is 0. The second-order valence-electron chi connectivity index (χ2n) is 6.41. The van der Waals surface area contributed by atoms with Gasteiger partial charge < -0.3 is 10.2 Å². The van der Waals surface area contributed by atoms with Crippen LogP contribution in [0.2, 0.25) is 0 Å². The molecule has 0 atom stereocenters. The Morgan fingerprint density at radius 2 is 1.80 bits per heavy atom. The number of amides is 1. The van der Waals surface area contributed by atoms with Gasteiger partial charge in [0.15, 0.2) is 0 Å². The minimum atomic E-state index is -0.470. The maximum atomic E-state index is 12.4. The van der Waals surface area contributed by atoms with Gasteiger partial charge in [0.1, 0.15) is 0 Å². The molecule has 1 heterocycles. The van der Waals surface area contributed by atoms with Gasteiger partial charge in [-0.1, -0.05) is 6.07 Å². The molecular weight excluding hydrogens is 318 g/mol. The minimum absolute atomic E-state index is 0.0475. The van der Waals surface area contributed by atoms with Gasteiger partial charge in [-0.05, 0) is 56.5 Å². The van der Waals surface area contributed by atoms with Crippen LogP contribution >= 0.6 is 0 Å². The highest BCUT2D eigenvalue weighted by atomic mass is 16.6. The first-order valence-corrected chi connectivity index (χ1v) is 8.38. The van der Waals surface area contributed by atoms with Gasteiger partial charge in [-0.25, -0.2) is 0 Å². The van der Waals surface area contributed by atoms with Gasteiger partial charge in [0.05, 0.1) is 4.92 Å². The zero-order valence-corrected chi connectivity index (χ0v) is 14.4. The monoisotopic (exact) mass is 339 g/mol. The molecule has 0 saturated carbocycles. The number of aryl methyl sites for hydroxylation is 2. The smallest absolute Gasteiger partial charge is 0.273 e. The second-order valence-corrected chi connectivity index (χ2v) is 6.41. The van der Waals surface area contributed by atoms with Gasteiger partial charge in [0.2, 0.25) is 0 Å². The standard InChI is InChI=1S/C19H21N3O3/c1-13-5-6-15(12-18(13)22(24)25)19(23)20-17-8-7-16(11-14(17)2)21-9-3-4-10-21/h5-8,11-12H,3-4,9-10H2,1-2H3,(H,20,23). The molecule has 2 aromatic rings. The van der Waals surface area contributed by atoms with Crippen LogP contribution in [0.1, 0.15) is 34.3 Å². The zero-order chi connectivity index (χ0) is 18.0. The fourth-order valence-corrected chi connectivity index (χ4v) is 3.10. The lowest BCUT2D eigenvalue weighted by molar-refractivity contribution is -0.385. The largest absolute Gasteiger partial charge is 0.372 e. The number of nitrogens with zero attached hydrogens (tertiary/aromatic N) is 2. The lowest BCUT2D eigenvalue weighted by Crippen LogP contribution is -2.18. The van der Waals surface area contributed by atoms with Crippen molar-refractivity contribution in [3.05, 3.63) is 63.2 Å². The Morgan fingerprint density at radius 1 is 1.08 bits per heavy atom. The summed E-state index contributed by atoms with van der Waals surface area (Å²) in [6, 6.07) is 10.5. The molecule has 1 N–H and O–H groups in total. The average molecular weight is 339 g/mol. The zero-order valence-electron chi connectivity index (χ0n) is 14.4. The molecule has 25 heavy (non-hydrogen) atoms. The van der Waals surface area contributed by atoms with E-state index in [4.69, 9.17) is 0 Å². The van der Waals surface area contributed by atoms with Crippen LogP contribution in [0.25, 0.3) is 0 Å². The van der Waals surface area contributed by atoms with Crippen LogP contribution < -0.4 is 10.2 Å². The van der Waals surface area contributed by atoms with E-state index in [9.17, 15) is 14.9 Å². The molecule has 0 unspecified atom stereocenters. The van der Waals surface area contributed by atoms with E-state index in [0.717, 1.165) is 24.3 Å². The summed E-state index contributed by atoms with van der Waals surface area (Å²) in [5.74, 6) is -0.347. The summed E-state index contributed by atoms with van der Waals surface area (Å²) in [5, 5.41) is 13.9. The summed E-state index contributed by atoms with van der Waals surface area (Å²) < 4.78 is 0. The summed E-state index contributed by atoms with van der Waals surface area (Å²) in [4.78, 5) is 25.4. The van der Waals surface area contributed by atoms with Gasteiger partial charge in [0, 0.05) is 41.7 Å². The van der Waals surface area contributed by atoms with E-state index in [-0.39, 0.29) is 17.2 Å². The molecule has 130 valence electrons. The summed E-state index contributed by atoms with van der Waals surface area (Å²) >= 11 is 0. The number of nitrogens with one attached hydrogen (secondary N) is 1. The van der Waals surface area contributed by atoms with Crippen LogP contribution in [0.15, 0.2) is 36.4 Å². The van der Waals surface area contributed by atoms with Gasteiger partial charge in [-0.15, -0.1) is 0 Å². The Hall–Kier alpha value is -2.89. The molecule has 3 rings (SSSR count). The molecule has 2 aromatic carbocycles. The maximum absolute atomic E-state index is 12.4. The van der Waals surface area contributed by atoms with Gasteiger partial charge in [-0.3, -0.25) is 14.9 Å². The van der Waals surface area contributed by atoms with Crippen molar-refractivity contribution >= 4 is 23.0 Å². The molecule has 1 fully saturated rings. The SMILES string of the molecule is Cc1cc(N2CCCC2)ccc1NC(=O)c1ccc(C)c([N+](=O)[O-])c1. The Bertz CT molecular complexity index is 827. The van der Waals surface area contributed by atoms with Crippen molar-refractivity contribution in [1.29, 1.82) is 0 Å². The first kappa shape index (κ1) is 17.0. The van der Waals surface area contributed by atoms with E-state index < -0.39 is 4.92 Å². The Balaban J connectivity index is 1.79. The fraction of sp³-hybridized carbons (Fsp3) is 0.316. The predicted molar refractivity (Wildman–Crippen MR) is 98.4 cm³/mol.